The molecule has 1 heterocycles. The predicted molar refractivity (Wildman–Crippen MR) is 69.4 cm³/mol. The average molecular weight is 256 g/mol. The van der Waals surface area contributed by atoms with E-state index in [2.05, 4.69) is 10.2 Å². The molecule has 1 unspecified atom stereocenters. The Balaban J connectivity index is 2.30. The second kappa shape index (κ2) is 8.08. The lowest BCUT2D eigenvalue weighted by atomic mass is 9.97. The van der Waals surface area contributed by atoms with Gasteiger partial charge in [0.15, 0.2) is 0 Å². The van der Waals surface area contributed by atoms with Gasteiger partial charge in [0.1, 0.15) is 0 Å². The van der Waals surface area contributed by atoms with Crippen molar-refractivity contribution in [1.29, 1.82) is 0 Å². The van der Waals surface area contributed by atoms with Crippen LogP contribution in [0, 0.1) is 0 Å². The van der Waals surface area contributed by atoms with Crippen LogP contribution in [-0.2, 0) is 9.59 Å². The Hall–Kier alpha value is -1.10. The third-order valence-corrected chi connectivity index (χ3v) is 3.57. The summed E-state index contributed by atoms with van der Waals surface area (Å²) >= 11 is 0. The number of rotatable bonds is 7. The highest BCUT2D eigenvalue weighted by Gasteiger charge is 2.22. The number of nitrogens with zero attached hydrogens (tertiary/aromatic N) is 1. The normalized spacial score (nSPS) is 20.6. The van der Waals surface area contributed by atoms with Gasteiger partial charge in [-0.15, -0.1) is 0 Å². The van der Waals surface area contributed by atoms with Gasteiger partial charge in [0.05, 0.1) is 0 Å². The molecule has 2 N–H and O–H groups in total. The number of piperidine rings is 1. The maximum absolute atomic E-state index is 11.1. The smallest absolute Gasteiger partial charge is 0.303 e. The van der Waals surface area contributed by atoms with Crippen LogP contribution in [0.25, 0.3) is 0 Å². The maximum Gasteiger partial charge on any atom is 0.303 e. The van der Waals surface area contributed by atoms with E-state index in [9.17, 15) is 9.59 Å². The molecule has 0 aromatic rings. The Morgan fingerprint density at radius 1 is 1.33 bits per heavy atom. The Bertz CT molecular complexity index is 281. The molecule has 18 heavy (non-hydrogen) atoms. The lowest BCUT2D eigenvalue weighted by Crippen LogP contribution is -2.40. The van der Waals surface area contributed by atoms with E-state index >= 15 is 0 Å². The summed E-state index contributed by atoms with van der Waals surface area (Å²) in [6, 6.07) is 0.388. The Labute approximate surface area is 109 Å². The molecular formula is C13H24N2O3. The molecule has 0 aliphatic carbocycles. The molecular weight excluding hydrogens is 232 g/mol. The highest BCUT2D eigenvalue weighted by atomic mass is 16.4. The molecule has 1 aliphatic heterocycles. The van der Waals surface area contributed by atoms with Crippen LogP contribution in [0.4, 0.5) is 0 Å². The summed E-state index contributed by atoms with van der Waals surface area (Å²) in [5.41, 5.74) is 0. The minimum absolute atomic E-state index is 0.0779. The van der Waals surface area contributed by atoms with E-state index in [1.807, 2.05) is 0 Å². The number of carboxylic acids is 1. The number of likely N-dealkylation sites (tertiary alicyclic amines) is 1. The van der Waals surface area contributed by atoms with Crippen LogP contribution in [0.2, 0.25) is 0 Å². The average Bonchev–Trinajstić information content (AvgIpc) is 2.37. The standard InChI is InChI=1S/C13H24N2O3/c1-14-12(16)6-4-10-15-9-3-2-5-11(15)7-8-13(17)18/h11H,2-10H2,1H3,(H,14,16)(H,17,18). The maximum atomic E-state index is 11.1. The number of amides is 1. The highest BCUT2D eigenvalue weighted by molar-refractivity contribution is 5.75. The zero-order valence-corrected chi connectivity index (χ0v) is 11.2. The van der Waals surface area contributed by atoms with E-state index < -0.39 is 5.97 Å². The zero-order valence-electron chi connectivity index (χ0n) is 11.2. The summed E-state index contributed by atoms with van der Waals surface area (Å²) in [6.07, 6.45) is 5.85. The minimum atomic E-state index is -0.717. The van der Waals surface area contributed by atoms with Gasteiger partial charge in [-0.2, -0.15) is 0 Å². The lowest BCUT2D eigenvalue weighted by Gasteiger charge is -2.35. The topological polar surface area (TPSA) is 69.6 Å². The molecule has 1 atom stereocenters. The molecule has 1 amide bonds. The molecule has 5 nitrogen and oxygen atoms in total. The van der Waals surface area contributed by atoms with Gasteiger partial charge in [-0.3, -0.25) is 9.59 Å². The molecule has 0 aromatic carbocycles. The molecule has 1 fully saturated rings. The van der Waals surface area contributed by atoms with Crippen molar-refractivity contribution in [2.24, 2.45) is 0 Å². The summed E-state index contributed by atoms with van der Waals surface area (Å²) in [6.45, 7) is 1.94. The molecule has 1 saturated heterocycles. The monoisotopic (exact) mass is 256 g/mol. The Morgan fingerprint density at radius 2 is 2.11 bits per heavy atom. The SMILES string of the molecule is CNC(=O)CCCN1CCCCC1CCC(=O)O. The first-order valence-corrected chi connectivity index (χ1v) is 6.80. The van der Waals surface area contributed by atoms with Gasteiger partial charge in [0.25, 0.3) is 0 Å². The molecule has 0 saturated carbocycles. The van der Waals surface area contributed by atoms with Crippen LogP contribution in [0.5, 0.6) is 0 Å². The van der Waals surface area contributed by atoms with Gasteiger partial charge in [-0.05, 0) is 38.8 Å². The van der Waals surface area contributed by atoms with Gasteiger partial charge < -0.3 is 15.3 Å². The van der Waals surface area contributed by atoms with Gasteiger partial charge in [0, 0.05) is 25.9 Å². The molecule has 1 aliphatic rings. The van der Waals surface area contributed by atoms with Crippen molar-refractivity contribution in [2.45, 2.75) is 51.0 Å². The quantitative estimate of drug-likeness (QED) is 0.719. The minimum Gasteiger partial charge on any atom is -0.481 e. The van der Waals surface area contributed by atoms with E-state index in [-0.39, 0.29) is 12.3 Å². The van der Waals surface area contributed by atoms with Crippen molar-refractivity contribution in [1.82, 2.24) is 10.2 Å². The second-order valence-corrected chi connectivity index (χ2v) is 4.89. The second-order valence-electron chi connectivity index (χ2n) is 4.89. The third kappa shape index (κ3) is 5.49. The van der Waals surface area contributed by atoms with Crippen LogP contribution >= 0.6 is 0 Å². The number of hydrogen-bond donors (Lipinski definition) is 2. The predicted octanol–water partition coefficient (Wildman–Crippen LogP) is 1.23. The number of carboxylic acid groups (broad SMARTS) is 1. The van der Waals surface area contributed by atoms with Crippen LogP contribution in [0.15, 0.2) is 0 Å². The number of carbonyl (C=O) groups excluding carboxylic acids is 1. The highest BCUT2D eigenvalue weighted by Crippen LogP contribution is 2.21. The van der Waals surface area contributed by atoms with Crippen LogP contribution < -0.4 is 5.32 Å². The summed E-state index contributed by atoms with van der Waals surface area (Å²) in [5.74, 6) is -0.639. The van der Waals surface area contributed by atoms with Crippen molar-refractivity contribution >= 4 is 11.9 Å². The zero-order chi connectivity index (χ0) is 13.4. The number of aliphatic carboxylic acids is 1. The van der Waals surface area contributed by atoms with Crippen LogP contribution in [-0.4, -0.2) is 48.1 Å². The van der Waals surface area contributed by atoms with Crippen molar-refractivity contribution < 1.29 is 14.7 Å². The molecule has 0 radical (unpaired) electrons. The molecule has 0 bridgehead atoms. The lowest BCUT2D eigenvalue weighted by molar-refractivity contribution is -0.137. The fourth-order valence-electron chi connectivity index (χ4n) is 2.54. The first-order valence-electron chi connectivity index (χ1n) is 6.80. The first-order chi connectivity index (χ1) is 8.63. The van der Waals surface area contributed by atoms with Crippen LogP contribution in [0.1, 0.15) is 44.9 Å². The summed E-state index contributed by atoms with van der Waals surface area (Å²) in [4.78, 5) is 24.1. The number of hydrogen-bond acceptors (Lipinski definition) is 3. The van der Waals surface area contributed by atoms with Crippen molar-refractivity contribution in [3.63, 3.8) is 0 Å². The molecule has 5 heteroatoms. The van der Waals surface area contributed by atoms with E-state index in [0.29, 0.717) is 12.5 Å². The third-order valence-electron chi connectivity index (χ3n) is 3.57. The fourth-order valence-corrected chi connectivity index (χ4v) is 2.54. The number of carbonyl (C=O) groups is 2. The molecule has 104 valence electrons. The van der Waals surface area contributed by atoms with E-state index in [1.165, 1.54) is 12.8 Å². The van der Waals surface area contributed by atoms with Crippen molar-refractivity contribution in [3.8, 4) is 0 Å². The Kier molecular flexibility index (Phi) is 6.72. The van der Waals surface area contributed by atoms with Gasteiger partial charge in [-0.25, -0.2) is 0 Å². The fraction of sp³-hybridized carbons (Fsp3) is 0.846. The molecule has 0 spiro atoms. The Morgan fingerprint density at radius 3 is 2.78 bits per heavy atom. The van der Waals surface area contributed by atoms with Crippen molar-refractivity contribution in [2.75, 3.05) is 20.1 Å². The summed E-state index contributed by atoms with van der Waals surface area (Å²) in [5, 5.41) is 11.4. The summed E-state index contributed by atoms with van der Waals surface area (Å²) < 4.78 is 0. The van der Waals surface area contributed by atoms with Gasteiger partial charge in [0.2, 0.25) is 5.91 Å². The summed E-state index contributed by atoms with van der Waals surface area (Å²) in [7, 11) is 1.65. The van der Waals surface area contributed by atoms with Gasteiger partial charge in [-0.1, -0.05) is 6.42 Å². The number of nitrogens with one attached hydrogen (secondary N) is 1. The van der Waals surface area contributed by atoms with Crippen LogP contribution in [0.3, 0.4) is 0 Å². The van der Waals surface area contributed by atoms with E-state index in [0.717, 1.165) is 32.4 Å². The van der Waals surface area contributed by atoms with Crippen molar-refractivity contribution in [3.05, 3.63) is 0 Å². The molecule has 1 rings (SSSR count). The molecule has 0 aromatic heterocycles. The van der Waals surface area contributed by atoms with E-state index in [4.69, 9.17) is 5.11 Å². The first kappa shape index (κ1) is 15.0. The largest absolute Gasteiger partial charge is 0.481 e. The van der Waals surface area contributed by atoms with E-state index in [1.54, 1.807) is 7.05 Å². The van der Waals surface area contributed by atoms with Gasteiger partial charge >= 0.3 is 5.97 Å².